The first kappa shape index (κ1) is 16.8. The molecule has 1 aromatic heterocycles. The Balaban J connectivity index is 1.84. The number of hydrogen-bond donors (Lipinski definition) is 1. The van der Waals surface area contributed by atoms with E-state index in [1.54, 1.807) is 0 Å². The van der Waals surface area contributed by atoms with Crippen molar-refractivity contribution < 1.29 is 9.21 Å². The van der Waals surface area contributed by atoms with Gasteiger partial charge in [-0.15, -0.1) is 0 Å². The molecular formula is C21H22N2O2. The molecule has 3 aromatic rings. The van der Waals surface area contributed by atoms with Gasteiger partial charge in [-0.25, -0.2) is 0 Å². The van der Waals surface area contributed by atoms with Crippen LogP contribution in [-0.4, -0.2) is 13.0 Å². The predicted octanol–water partition coefficient (Wildman–Crippen LogP) is 4.85. The number of anilines is 2. The minimum atomic E-state index is -0.198. The van der Waals surface area contributed by atoms with Crippen molar-refractivity contribution in [2.24, 2.45) is 0 Å². The largest absolute Gasteiger partial charge is 0.464 e. The fraction of sp³-hybridized carbons (Fsp3) is 0.190. The Hall–Kier alpha value is -3.01. The molecule has 1 unspecified atom stereocenters. The minimum absolute atomic E-state index is 0.125. The normalized spacial score (nSPS) is 11.8. The highest BCUT2D eigenvalue weighted by Crippen LogP contribution is 2.27. The number of rotatable bonds is 5. The van der Waals surface area contributed by atoms with Gasteiger partial charge in [0, 0.05) is 12.7 Å². The molecular weight excluding hydrogens is 312 g/mol. The highest BCUT2D eigenvalue weighted by Gasteiger charge is 2.18. The first-order chi connectivity index (χ1) is 12.1. The molecule has 0 fully saturated rings. The second kappa shape index (κ2) is 7.26. The molecule has 1 N–H and O–H groups in total. The Kier molecular flexibility index (Phi) is 4.89. The molecule has 0 saturated heterocycles. The molecule has 2 aromatic carbocycles. The predicted molar refractivity (Wildman–Crippen MR) is 100 cm³/mol. The monoisotopic (exact) mass is 334 g/mol. The van der Waals surface area contributed by atoms with Crippen molar-refractivity contribution in [3.05, 3.63) is 83.8 Å². The maximum absolute atomic E-state index is 12.8. The number of nitrogens with one attached hydrogen (secondary N) is 1. The van der Waals surface area contributed by atoms with E-state index < -0.39 is 0 Å². The van der Waals surface area contributed by atoms with Crippen LogP contribution in [-0.2, 0) is 0 Å². The first-order valence-corrected chi connectivity index (χ1v) is 8.31. The maximum atomic E-state index is 12.8. The van der Waals surface area contributed by atoms with Gasteiger partial charge in [-0.3, -0.25) is 4.79 Å². The van der Waals surface area contributed by atoms with Gasteiger partial charge in [-0.2, -0.15) is 0 Å². The summed E-state index contributed by atoms with van der Waals surface area (Å²) in [5, 5.41) is 3.01. The van der Waals surface area contributed by atoms with Gasteiger partial charge in [0.05, 0.1) is 17.3 Å². The molecule has 0 radical (unpaired) electrons. The lowest BCUT2D eigenvalue weighted by Crippen LogP contribution is -2.28. The lowest BCUT2D eigenvalue weighted by Gasteiger charge is -2.23. The van der Waals surface area contributed by atoms with E-state index in [2.05, 4.69) is 5.32 Å². The van der Waals surface area contributed by atoms with Crippen LogP contribution in [0.5, 0.6) is 0 Å². The number of aryl methyl sites for hydroxylation is 1. The Morgan fingerprint density at radius 1 is 1.00 bits per heavy atom. The number of furan rings is 1. The van der Waals surface area contributed by atoms with E-state index in [-0.39, 0.29) is 11.9 Å². The zero-order valence-electron chi connectivity index (χ0n) is 14.7. The summed E-state index contributed by atoms with van der Waals surface area (Å²) in [6.07, 6.45) is 0. The van der Waals surface area contributed by atoms with Crippen LogP contribution in [0.1, 0.15) is 34.8 Å². The van der Waals surface area contributed by atoms with Gasteiger partial charge < -0.3 is 14.6 Å². The topological polar surface area (TPSA) is 45.5 Å². The van der Waals surface area contributed by atoms with Crippen molar-refractivity contribution in [2.45, 2.75) is 19.9 Å². The zero-order valence-corrected chi connectivity index (χ0v) is 14.7. The van der Waals surface area contributed by atoms with Crippen molar-refractivity contribution in [3.63, 3.8) is 0 Å². The number of amides is 1. The zero-order chi connectivity index (χ0) is 17.8. The van der Waals surface area contributed by atoms with E-state index in [1.807, 2.05) is 92.5 Å². The molecule has 0 aliphatic carbocycles. The Labute approximate surface area is 148 Å². The number of para-hydroxylation sites is 2. The molecule has 1 atom stereocenters. The van der Waals surface area contributed by atoms with E-state index in [0.29, 0.717) is 5.56 Å². The van der Waals surface area contributed by atoms with E-state index in [1.165, 1.54) is 0 Å². The number of carbonyl (C=O) groups excluding carboxylic acids is 1. The van der Waals surface area contributed by atoms with E-state index in [0.717, 1.165) is 22.9 Å². The summed E-state index contributed by atoms with van der Waals surface area (Å²) in [6.45, 7) is 3.81. The molecule has 4 nitrogen and oxygen atoms in total. The fourth-order valence-corrected chi connectivity index (χ4v) is 2.78. The molecule has 0 aliphatic rings. The lowest BCUT2D eigenvalue weighted by molar-refractivity contribution is 0.0935. The third-order valence-electron chi connectivity index (χ3n) is 4.19. The molecule has 3 rings (SSSR count). The van der Waals surface area contributed by atoms with Crippen molar-refractivity contribution in [2.75, 3.05) is 11.9 Å². The van der Waals surface area contributed by atoms with Crippen molar-refractivity contribution in [1.82, 2.24) is 5.32 Å². The second-order valence-electron chi connectivity index (χ2n) is 6.06. The van der Waals surface area contributed by atoms with Gasteiger partial charge in [-0.05, 0) is 50.2 Å². The summed E-state index contributed by atoms with van der Waals surface area (Å²) in [4.78, 5) is 14.8. The van der Waals surface area contributed by atoms with Gasteiger partial charge in [0.1, 0.15) is 11.5 Å². The summed E-state index contributed by atoms with van der Waals surface area (Å²) >= 11 is 0. The van der Waals surface area contributed by atoms with Crippen LogP contribution in [0.25, 0.3) is 0 Å². The summed E-state index contributed by atoms with van der Waals surface area (Å²) < 4.78 is 5.60. The maximum Gasteiger partial charge on any atom is 0.253 e. The van der Waals surface area contributed by atoms with Crippen LogP contribution in [0.2, 0.25) is 0 Å². The molecule has 1 amide bonds. The van der Waals surface area contributed by atoms with Crippen LogP contribution in [0, 0.1) is 6.92 Å². The Morgan fingerprint density at radius 3 is 2.36 bits per heavy atom. The fourth-order valence-electron chi connectivity index (χ4n) is 2.78. The summed E-state index contributed by atoms with van der Waals surface area (Å²) in [5.74, 6) is 1.46. The Bertz CT molecular complexity index is 855. The average Bonchev–Trinajstić information content (AvgIpc) is 3.08. The van der Waals surface area contributed by atoms with Crippen molar-refractivity contribution >= 4 is 17.3 Å². The van der Waals surface area contributed by atoms with Crippen LogP contribution in [0.4, 0.5) is 11.4 Å². The third kappa shape index (κ3) is 3.74. The summed E-state index contributed by atoms with van der Waals surface area (Å²) in [6, 6.07) is 21.2. The summed E-state index contributed by atoms with van der Waals surface area (Å²) in [5.41, 5.74) is 2.51. The molecule has 4 heteroatoms. The molecule has 0 bridgehead atoms. The third-order valence-corrected chi connectivity index (χ3v) is 4.19. The van der Waals surface area contributed by atoms with E-state index in [9.17, 15) is 4.79 Å². The van der Waals surface area contributed by atoms with Gasteiger partial charge in [0.15, 0.2) is 0 Å². The number of nitrogens with zero attached hydrogens (tertiary/aromatic N) is 1. The van der Waals surface area contributed by atoms with Gasteiger partial charge in [0.25, 0.3) is 5.91 Å². The lowest BCUT2D eigenvalue weighted by atomic mass is 10.1. The molecule has 0 spiro atoms. The first-order valence-electron chi connectivity index (χ1n) is 8.31. The molecule has 0 saturated carbocycles. The summed E-state index contributed by atoms with van der Waals surface area (Å²) in [7, 11) is 1.96. The van der Waals surface area contributed by atoms with Crippen molar-refractivity contribution in [1.29, 1.82) is 0 Å². The smallest absolute Gasteiger partial charge is 0.253 e. The number of benzene rings is 2. The Morgan fingerprint density at radius 2 is 1.68 bits per heavy atom. The standard InChI is InChI=1S/C21H22N2O2/c1-15-13-14-20(25-15)16(2)22-21(24)18-11-7-8-12-19(18)23(3)17-9-5-4-6-10-17/h4-14,16H,1-3H3,(H,22,24). The van der Waals surface area contributed by atoms with Crippen LogP contribution < -0.4 is 10.2 Å². The highest BCUT2D eigenvalue weighted by molar-refractivity contribution is 6.00. The second-order valence-corrected chi connectivity index (χ2v) is 6.06. The van der Waals surface area contributed by atoms with Crippen LogP contribution in [0.15, 0.2) is 71.1 Å². The van der Waals surface area contributed by atoms with Crippen LogP contribution in [0.3, 0.4) is 0 Å². The van der Waals surface area contributed by atoms with E-state index >= 15 is 0 Å². The number of hydrogen-bond acceptors (Lipinski definition) is 3. The highest BCUT2D eigenvalue weighted by atomic mass is 16.3. The van der Waals surface area contributed by atoms with Gasteiger partial charge >= 0.3 is 0 Å². The van der Waals surface area contributed by atoms with E-state index in [4.69, 9.17) is 4.42 Å². The van der Waals surface area contributed by atoms with Gasteiger partial charge in [-0.1, -0.05) is 30.3 Å². The van der Waals surface area contributed by atoms with Crippen LogP contribution >= 0.6 is 0 Å². The molecule has 128 valence electrons. The average molecular weight is 334 g/mol. The molecule has 0 aliphatic heterocycles. The SMILES string of the molecule is Cc1ccc(C(C)NC(=O)c2ccccc2N(C)c2ccccc2)o1. The molecule has 25 heavy (non-hydrogen) atoms. The quantitative estimate of drug-likeness (QED) is 0.725. The van der Waals surface area contributed by atoms with Gasteiger partial charge in [0.2, 0.25) is 0 Å². The van der Waals surface area contributed by atoms with Crippen molar-refractivity contribution in [3.8, 4) is 0 Å². The minimum Gasteiger partial charge on any atom is -0.464 e. The molecule has 1 heterocycles. The number of carbonyl (C=O) groups is 1.